The summed E-state index contributed by atoms with van der Waals surface area (Å²) in [6.07, 6.45) is -0.167. The van der Waals surface area contributed by atoms with Crippen molar-refractivity contribution in [1.82, 2.24) is 9.55 Å². The number of methoxy groups -OCH3 is 1. The summed E-state index contributed by atoms with van der Waals surface area (Å²) in [5.41, 5.74) is 5.60. The van der Waals surface area contributed by atoms with E-state index in [1.807, 2.05) is 4.90 Å². The smallest absolute Gasteiger partial charge is 0.260 e. The molecule has 2 N–H and O–H groups in total. The van der Waals surface area contributed by atoms with Crippen LogP contribution in [0.2, 0.25) is 0 Å². The summed E-state index contributed by atoms with van der Waals surface area (Å²) >= 11 is 0. The SMILES string of the molecule is COCCOc1ccccc1-n1c(CC(N)=O)nc(N2CCOCC2)cc1=O. The Kier molecular flexibility index (Phi) is 6.62. The lowest BCUT2D eigenvalue weighted by atomic mass is 10.2. The molecule has 1 aliphatic rings. The highest BCUT2D eigenvalue weighted by molar-refractivity contribution is 5.76. The standard InChI is InChI=1S/C19H24N4O5/c1-26-10-11-28-15-5-3-2-4-14(15)23-18(12-16(20)24)21-17(13-19(23)25)22-6-8-27-9-7-22/h2-5,13H,6-12H2,1H3,(H2,20,24). The van der Waals surface area contributed by atoms with Crippen molar-refractivity contribution in [3.8, 4) is 11.4 Å². The quantitative estimate of drug-likeness (QED) is 0.640. The molecule has 1 fully saturated rings. The van der Waals surface area contributed by atoms with Crippen LogP contribution < -0.4 is 20.9 Å². The van der Waals surface area contributed by atoms with Gasteiger partial charge in [-0.1, -0.05) is 12.1 Å². The number of ether oxygens (including phenoxy) is 3. The predicted octanol–water partition coefficient (Wildman–Crippen LogP) is 0.122. The average Bonchev–Trinajstić information content (AvgIpc) is 2.69. The molecule has 0 aliphatic carbocycles. The lowest BCUT2D eigenvalue weighted by Gasteiger charge is -2.28. The third kappa shape index (κ3) is 4.68. The van der Waals surface area contributed by atoms with Crippen molar-refractivity contribution < 1.29 is 19.0 Å². The zero-order valence-corrected chi connectivity index (χ0v) is 15.8. The molecule has 9 nitrogen and oxygen atoms in total. The number of nitrogens with two attached hydrogens (primary N) is 1. The van der Waals surface area contributed by atoms with Gasteiger partial charge in [0.05, 0.1) is 31.9 Å². The third-order valence-electron chi connectivity index (χ3n) is 4.29. The number of hydrogen-bond donors (Lipinski definition) is 1. The minimum absolute atomic E-state index is 0.167. The number of para-hydroxylation sites is 2. The van der Waals surface area contributed by atoms with Gasteiger partial charge in [0.2, 0.25) is 5.91 Å². The van der Waals surface area contributed by atoms with Gasteiger partial charge >= 0.3 is 0 Å². The first-order valence-electron chi connectivity index (χ1n) is 9.05. The van der Waals surface area contributed by atoms with Crippen LogP contribution in [0.15, 0.2) is 35.1 Å². The molecule has 150 valence electrons. The first-order chi connectivity index (χ1) is 13.6. The van der Waals surface area contributed by atoms with Crippen molar-refractivity contribution in [2.45, 2.75) is 6.42 Å². The Labute approximate surface area is 162 Å². The lowest BCUT2D eigenvalue weighted by molar-refractivity contribution is -0.117. The van der Waals surface area contributed by atoms with E-state index in [1.54, 1.807) is 31.4 Å². The fourth-order valence-electron chi connectivity index (χ4n) is 3.00. The van der Waals surface area contributed by atoms with E-state index < -0.39 is 5.91 Å². The number of rotatable bonds is 8. The summed E-state index contributed by atoms with van der Waals surface area (Å²) < 4.78 is 17.5. The van der Waals surface area contributed by atoms with Crippen LogP contribution in [0.25, 0.3) is 5.69 Å². The minimum atomic E-state index is -0.572. The van der Waals surface area contributed by atoms with E-state index in [9.17, 15) is 9.59 Å². The number of primary amides is 1. The van der Waals surface area contributed by atoms with Crippen molar-refractivity contribution in [2.24, 2.45) is 5.73 Å². The van der Waals surface area contributed by atoms with Crippen LogP contribution in [0.5, 0.6) is 5.75 Å². The molecule has 0 radical (unpaired) electrons. The number of hydrogen-bond acceptors (Lipinski definition) is 7. The van der Waals surface area contributed by atoms with Gasteiger partial charge in [-0.25, -0.2) is 4.98 Å². The van der Waals surface area contributed by atoms with Crippen molar-refractivity contribution in [1.29, 1.82) is 0 Å². The Hall–Kier alpha value is -2.91. The summed E-state index contributed by atoms with van der Waals surface area (Å²) in [5, 5.41) is 0. The van der Waals surface area contributed by atoms with Crippen LogP contribution in [-0.2, 0) is 20.7 Å². The second-order valence-corrected chi connectivity index (χ2v) is 6.26. The van der Waals surface area contributed by atoms with Gasteiger partial charge in [-0.2, -0.15) is 0 Å². The molecule has 0 atom stereocenters. The van der Waals surface area contributed by atoms with E-state index in [1.165, 1.54) is 10.6 Å². The second kappa shape index (κ2) is 9.34. The maximum absolute atomic E-state index is 13.0. The molecule has 0 spiro atoms. The molecule has 1 aliphatic heterocycles. The summed E-state index contributed by atoms with van der Waals surface area (Å²) in [6.45, 7) is 3.11. The molecular formula is C19H24N4O5. The first kappa shape index (κ1) is 19.8. The van der Waals surface area contributed by atoms with Crippen molar-refractivity contribution in [2.75, 3.05) is 51.5 Å². The monoisotopic (exact) mass is 388 g/mol. The number of benzene rings is 1. The van der Waals surface area contributed by atoms with Gasteiger partial charge in [-0.3, -0.25) is 14.2 Å². The van der Waals surface area contributed by atoms with Crippen LogP contribution >= 0.6 is 0 Å². The zero-order chi connectivity index (χ0) is 19.9. The number of nitrogens with zero attached hydrogens (tertiary/aromatic N) is 3. The molecule has 0 saturated carbocycles. The molecule has 1 saturated heterocycles. The minimum Gasteiger partial charge on any atom is -0.489 e. The second-order valence-electron chi connectivity index (χ2n) is 6.26. The van der Waals surface area contributed by atoms with Gasteiger partial charge in [0.1, 0.15) is 24.0 Å². The van der Waals surface area contributed by atoms with Gasteiger partial charge in [0.15, 0.2) is 0 Å². The number of anilines is 1. The van der Waals surface area contributed by atoms with Gasteiger partial charge in [-0.15, -0.1) is 0 Å². The molecule has 0 unspecified atom stereocenters. The number of aromatic nitrogens is 2. The Balaban J connectivity index is 2.05. The first-order valence-corrected chi connectivity index (χ1v) is 9.05. The van der Waals surface area contributed by atoms with E-state index in [2.05, 4.69) is 4.98 Å². The van der Waals surface area contributed by atoms with Gasteiger partial charge in [0, 0.05) is 26.3 Å². The summed E-state index contributed by atoms with van der Waals surface area (Å²) in [7, 11) is 1.58. The molecule has 2 aromatic rings. The van der Waals surface area contributed by atoms with E-state index in [0.29, 0.717) is 56.8 Å². The van der Waals surface area contributed by atoms with E-state index >= 15 is 0 Å². The van der Waals surface area contributed by atoms with Crippen LogP contribution in [0.4, 0.5) is 5.82 Å². The van der Waals surface area contributed by atoms with Gasteiger partial charge in [-0.05, 0) is 12.1 Å². The van der Waals surface area contributed by atoms with Crippen LogP contribution in [0, 0.1) is 0 Å². The van der Waals surface area contributed by atoms with Crippen LogP contribution in [0.3, 0.4) is 0 Å². The summed E-state index contributed by atoms with van der Waals surface area (Å²) in [4.78, 5) is 31.2. The molecule has 28 heavy (non-hydrogen) atoms. The molecule has 1 aromatic heterocycles. The maximum Gasteiger partial charge on any atom is 0.260 e. The Morgan fingerprint density at radius 3 is 2.71 bits per heavy atom. The molecule has 1 amide bonds. The summed E-state index contributed by atoms with van der Waals surface area (Å²) in [6, 6.07) is 8.54. The van der Waals surface area contributed by atoms with E-state index in [-0.39, 0.29) is 17.8 Å². The summed E-state index contributed by atoms with van der Waals surface area (Å²) in [5.74, 6) is 0.703. The van der Waals surface area contributed by atoms with E-state index in [4.69, 9.17) is 19.9 Å². The molecule has 2 heterocycles. The van der Waals surface area contributed by atoms with Crippen LogP contribution in [0.1, 0.15) is 5.82 Å². The van der Waals surface area contributed by atoms with Gasteiger partial charge < -0.3 is 24.8 Å². The lowest BCUT2D eigenvalue weighted by Crippen LogP contribution is -2.38. The van der Waals surface area contributed by atoms with Gasteiger partial charge in [0.25, 0.3) is 5.56 Å². The number of carbonyl (C=O) groups is 1. The number of amides is 1. The normalized spacial score (nSPS) is 14.1. The predicted molar refractivity (Wildman–Crippen MR) is 103 cm³/mol. The Bertz CT molecular complexity index is 877. The van der Waals surface area contributed by atoms with E-state index in [0.717, 1.165) is 0 Å². The molecule has 1 aromatic carbocycles. The highest BCUT2D eigenvalue weighted by Crippen LogP contribution is 2.23. The molecule has 0 bridgehead atoms. The fraction of sp³-hybridized carbons (Fsp3) is 0.421. The molecule has 3 rings (SSSR count). The third-order valence-corrected chi connectivity index (χ3v) is 4.29. The highest BCUT2D eigenvalue weighted by Gasteiger charge is 2.19. The average molecular weight is 388 g/mol. The van der Waals surface area contributed by atoms with Crippen molar-refractivity contribution >= 4 is 11.7 Å². The zero-order valence-electron chi connectivity index (χ0n) is 15.8. The largest absolute Gasteiger partial charge is 0.489 e. The number of morpholine rings is 1. The highest BCUT2D eigenvalue weighted by atomic mass is 16.5. The number of carbonyl (C=O) groups excluding carboxylic acids is 1. The fourth-order valence-corrected chi connectivity index (χ4v) is 3.00. The topological polar surface area (TPSA) is 109 Å². The molecular weight excluding hydrogens is 364 g/mol. The Morgan fingerprint density at radius 2 is 2.00 bits per heavy atom. The van der Waals surface area contributed by atoms with Crippen molar-refractivity contribution in [3.05, 3.63) is 46.5 Å². The van der Waals surface area contributed by atoms with Crippen molar-refractivity contribution in [3.63, 3.8) is 0 Å². The van der Waals surface area contributed by atoms with Crippen LogP contribution in [-0.4, -0.2) is 62.1 Å². The maximum atomic E-state index is 13.0. The molecule has 9 heteroatoms. The Morgan fingerprint density at radius 1 is 1.25 bits per heavy atom.